The number of nitrogen functional groups attached to an aromatic ring is 1. The molecule has 1 amide bonds. The van der Waals surface area contributed by atoms with E-state index in [-0.39, 0.29) is 12.5 Å². The molecule has 3 aromatic rings. The number of aromatic nitrogens is 2. The summed E-state index contributed by atoms with van der Waals surface area (Å²) in [6, 6.07) is 15.5. The summed E-state index contributed by atoms with van der Waals surface area (Å²) in [5.41, 5.74) is 8.47. The van der Waals surface area contributed by atoms with Crippen molar-refractivity contribution in [2.75, 3.05) is 18.9 Å². The Morgan fingerprint density at radius 2 is 2.10 bits per heavy atom. The molecule has 1 aromatic heterocycles. The average molecular weight is 456 g/mol. The number of anilines is 1. The van der Waals surface area contributed by atoms with Gasteiger partial charge >= 0.3 is 0 Å². The SMILES string of the molecule is Cc1cn(N=Cc2cc(Br)ccc2OCC(=O)NCCc2ccccc2)c(N)n1. The van der Waals surface area contributed by atoms with Gasteiger partial charge in [0.2, 0.25) is 5.95 Å². The van der Waals surface area contributed by atoms with Crippen LogP contribution in [0.1, 0.15) is 16.8 Å². The molecule has 0 aliphatic heterocycles. The number of carbonyl (C=O) groups excluding carboxylic acids is 1. The van der Waals surface area contributed by atoms with Crippen LogP contribution in [0.25, 0.3) is 0 Å². The standard InChI is InChI=1S/C21H22BrN5O2/c1-15-13-27(21(23)26-15)25-12-17-11-18(22)7-8-19(17)29-14-20(28)24-10-9-16-5-3-2-4-6-16/h2-8,11-13H,9-10,14H2,1H3,(H2,23,26)(H,24,28). The third-order valence-corrected chi connectivity index (χ3v) is 4.56. The molecule has 0 saturated heterocycles. The normalized spacial score (nSPS) is 11.0. The van der Waals surface area contributed by atoms with Crippen molar-refractivity contribution in [3.05, 3.63) is 76.0 Å². The molecule has 7 nitrogen and oxygen atoms in total. The van der Waals surface area contributed by atoms with E-state index in [9.17, 15) is 4.79 Å². The minimum absolute atomic E-state index is 0.0798. The fourth-order valence-corrected chi connectivity index (χ4v) is 3.04. The van der Waals surface area contributed by atoms with E-state index in [0.717, 1.165) is 16.6 Å². The number of hydrogen-bond donors (Lipinski definition) is 2. The zero-order chi connectivity index (χ0) is 20.6. The number of halogens is 1. The zero-order valence-corrected chi connectivity index (χ0v) is 17.6. The van der Waals surface area contributed by atoms with Gasteiger partial charge in [0, 0.05) is 16.6 Å². The van der Waals surface area contributed by atoms with Crippen molar-refractivity contribution in [2.24, 2.45) is 5.10 Å². The van der Waals surface area contributed by atoms with Crippen molar-refractivity contribution in [1.82, 2.24) is 15.0 Å². The van der Waals surface area contributed by atoms with Crippen LogP contribution in [-0.2, 0) is 11.2 Å². The lowest BCUT2D eigenvalue weighted by atomic mass is 10.1. The fourth-order valence-electron chi connectivity index (χ4n) is 2.66. The Morgan fingerprint density at radius 1 is 1.31 bits per heavy atom. The van der Waals surface area contributed by atoms with E-state index in [1.54, 1.807) is 18.5 Å². The Hall–Kier alpha value is -3.13. The quantitative estimate of drug-likeness (QED) is 0.510. The summed E-state index contributed by atoms with van der Waals surface area (Å²) in [7, 11) is 0. The minimum atomic E-state index is -0.179. The van der Waals surface area contributed by atoms with Crippen LogP contribution in [0, 0.1) is 6.92 Å². The molecule has 0 bridgehead atoms. The molecule has 0 radical (unpaired) electrons. The maximum absolute atomic E-state index is 12.1. The van der Waals surface area contributed by atoms with Crippen molar-refractivity contribution in [3.63, 3.8) is 0 Å². The molecule has 0 unspecified atom stereocenters. The van der Waals surface area contributed by atoms with E-state index >= 15 is 0 Å². The first-order chi connectivity index (χ1) is 14.0. The summed E-state index contributed by atoms with van der Waals surface area (Å²) >= 11 is 3.44. The third kappa shape index (κ3) is 6.18. The zero-order valence-electron chi connectivity index (χ0n) is 16.0. The Balaban J connectivity index is 1.57. The largest absolute Gasteiger partial charge is 0.483 e. The maximum atomic E-state index is 12.1. The number of carbonyl (C=O) groups is 1. The fraction of sp³-hybridized carbons (Fsp3) is 0.190. The van der Waals surface area contributed by atoms with Crippen LogP contribution >= 0.6 is 15.9 Å². The molecule has 0 aliphatic rings. The summed E-state index contributed by atoms with van der Waals surface area (Å²) in [6.07, 6.45) is 4.12. The number of amides is 1. The number of imidazole rings is 1. The molecule has 0 spiro atoms. The monoisotopic (exact) mass is 455 g/mol. The molecular weight excluding hydrogens is 434 g/mol. The Bertz CT molecular complexity index is 1000. The molecule has 2 aromatic carbocycles. The smallest absolute Gasteiger partial charge is 0.257 e. The van der Waals surface area contributed by atoms with E-state index in [1.807, 2.05) is 49.4 Å². The van der Waals surface area contributed by atoms with Crippen molar-refractivity contribution in [2.45, 2.75) is 13.3 Å². The van der Waals surface area contributed by atoms with Gasteiger partial charge in [-0.3, -0.25) is 4.79 Å². The third-order valence-electron chi connectivity index (χ3n) is 4.07. The molecule has 0 atom stereocenters. The molecule has 0 aliphatic carbocycles. The van der Waals surface area contributed by atoms with Crippen molar-refractivity contribution >= 4 is 34.0 Å². The second-order valence-electron chi connectivity index (χ2n) is 6.39. The molecule has 8 heteroatoms. The summed E-state index contributed by atoms with van der Waals surface area (Å²) < 4.78 is 8.05. The van der Waals surface area contributed by atoms with Gasteiger partial charge in [0.1, 0.15) is 5.75 Å². The lowest BCUT2D eigenvalue weighted by Gasteiger charge is -2.10. The Morgan fingerprint density at radius 3 is 2.83 bits per heavy atom. The van der Waals surface area contributed by atoms with E-state index in [1.165, 1.54) is 10.2 Å². The minimum Gasteiger partial charge on any atom is -0.483 e. The Labute approximate surface area is 177 Å². The molecule has 3 rings (SSSR count). The maximum Gasteiger partial charge on any atom is 0.257 e. The molecular formula is C21H22BrN5O2. The summed E-state index contributed by atoms with van der Waals surface area (Å²) in [4.78, 5) is 16.2. The summed E-state index contributed by atoms with van der Waals surface area (Å²) in [6.45, 7) is 2.32. The highest BCUT2D eigenvalue weighted by atomic mass is 79.9. The highest BCUT2D eigenvalue weighted by Gasteiger charge is 2.07. The number of nitrogens with one attached hydrogen (secondary N) is 1. The summed E-state index contributed by atoms with van der Waals surface area (Å²) in [5, 5.41) is 7.18. The topological polar surface area (TPSA) is 94.5 Å². The lowest BCUT2D eigenvalue weighted by Crippen LogP contribution is -2.30. The van der Waals surface area contributed by atoms with Gasteiger partial charge < -0.3 is 15.8 Å². The first kappa shape index (κ1) is 20.6. The van der Waals surface area contributed by atoms with E-state index in [4.69, 9.17) is 10.5 Å². The number of ether oxygens (including phenoxy) is 1. The van der Waals surface area contributed by atoms with E-state index in [2.05, 4.69) is 31.3 Å². The lowest BCUT2D eigenvalue weighted by molar-refractivity contribution is -0.123. The second-order valence-corrected chi connectivity index (χ2v) is 7.30. The van der Waals surface area contributed by atoms with Crippen LogP contribution in [0.4, 0.5) is 5.95 Å². The number of nitrogens with two attached hydrogens (primary N) is 1. The average Bonchev–Trinajstić information content (AvgIpc) is 3.03. The van der Waals surface area contributed by atoms with Gasteiger partial charge in [-0.05, 0) is 37.1 Å². The Kier molecular flexibility index (Phi) is 7.02. The molecule has 150 valence electrons. The van der Waals surface area contributed by atoms with Crippen LogP contribution in [0.15, 0.2) is 64.3 Å². The van der Waals surface area contributed by atoms with E-state index in [0.29, 0.717) is 23.8 Å². The van der Waals surface area contributed by atoms with Crippen molar-refractivity contribution in [1.29, 1.82) is 0 Å². The first-order valence-electron chi connectivity index (χ1n) is 9.10. The van der Waals surface area contributed by atoms with Crippen LogP contribution in [0.5, 0.6) is 5.75 Å². The predicted molar refractivity (Wildman–Crippen MR) is 117 cm³/mol. The number of hydrogen-bond acceptors (Lipinski definition) is 5. The van der Waals surface area contributed by atoms with Gasteiger partial charge in [0.05, 0.1) is 18.1 Å². The number of aryl methyl sites for hydroxylation is 1. The predicted octanol–water partition coefficient (Wildman–Crippen LogP) is 3.16. The molecule has 3 N–H and O–H groups in total. The van der Waals surface area contributed by atoms with Crippen LogP contribution in [0.3, 0.4) is 0 Å². The molecule has 1 heterocycles. The molecule has 29 heavy (non-hydrogen) atoms. The van der Waals surface area contributed by atoms with Crippen LogP contribution in [-0.4, -0.2) is 34.9 Å². The highest BCUT2D eigenvalue weighted by Crippen LogP contribution is 2.22. The first-order valence-corrected chi connectivity index (χ1v) is 9.89. The van der Waals surface area contributed by atoms with Gasteiger partial charge in [-0.2, -0.15) is 5.10 Å². The van der Waals surface area contributed by atoms with Gasteiger partial charge in [0.15, 0.2) is 6.61 Å². The second kappa shape index (κ2) is 9.88. The molecule has 0 fully saturated rings. The number of rotatable bonds is 8. The number of benzene rings is 2. The van der Waals surface area contributed by atoms with E-state index < -0.39 is 0 Å². The highest BCUT2D eigenvalue weighted by molar-refractivity contribution is 9.10. The van der Waals surface area contributed by atoms with Crippen molar-refractivity contribution in [3.8, 4) is 5.75 Å². The van der Waals surface area contributed by atoms with Gasteiger partial charge in [-0.15, -0.1) is 0 Å². The summed E-state index contributed by atoms with van der Waals surface area (Å²) in [5.74, 6) is 0.667. The van der Waals surface area contributed by atoms with Crippen LogP contribution < -0.4 is 15.8 Å². The number of nitrogens with zero attached hydrogens (tertiary/aromatic N) is 3. The van der Waals surface area contributed by atoms with Crippen molar-refractivity contribution < 1.29 is 9.53 Å². The van der Waals surface area contributed by atoms with Gasteiger partial charge in [-0.25, -0.2) is 9.66 Å². The van der Waals surface area contributed by atoms with Gasteiger partial charge in [0.25, 0.3) is 5.91 Å². The van der Waals surface area contributed by atoms with Gasteiger partial charge in [-0.1, -0.05) is 46.3 Å². The molecule has 0 saturated carbocycles. The van der Waals surface area contributed by atoms with Crippen LogP contribution in [0.2, 0.25) is 0 Å².